The molecule has 0 amide bonds. The zero-order chi connectivity index (χ0) is 14.1. The molecule has 3 rings (SSSR count). The van der Waals surface area contributed by atoms with Crippen molar-refractivity contribution in [1.29, 1.82) is 0 Å². The number of rotatable bonds is 2. The molecule has 0 saturated carbocycles. The number of allylic oxidation sites excluding steroid dienone is 2. The standard InChI is InChI=1S/C13H13ClN6/c14-8-3-4-10-9(7-8)11(20-5-1-2-6-20)18-13(17-10)19-12(15)16/h1-3,5-6H,4,7H2,(H4,15,16,17,18,19). The third-order valence-electron chi connectivity index (χ3n) is 3.00. The lowest BCUT2D eigenvalue weighted by molar-refractivity contribution is 0.886. The van der Waals surface area contributed by atoms with Crippen LogP contribution < -0.4 is 11.5 Å². The summed E-state index contributed by atoms with van der Waals surface area (Å²) >= 11 is 6.13. The van der Waals surface area contributed by atoms with Gasteiger partial charge < -0.3 is 16.0 Å². The molecule has 7 heteroatoms. The molecule has 4 N–H and O–H groups in total. The van der Waals surface area contributed by atoms with Crippen LogP contribution >= 0.6 is 11.6 Å². The Morgan fingerprint density at radius 3 is 2.70 bits per heavy atom. The Hall–Kier alpha value is -2.34. The Bertz CT molecular complexity index is 698. The second-order valence-electron chi connectivity index (χ2n) is 4.43. The van der Waals surface area contributed by atoms with Gasteiger partial charge in [0.2, 0.25) is 0 Å². The van der Waals surface area contributed by atoms with E-state index in [0.29, 0.717) is 12.8 Å². The summed E-state index contributed by atoms with van der Waals surface area (Å²) in [6.07, 6.45) is 7.03. The van der Waals surface area contributed by atoms with Gasteiger partial charge in [0.25, 0.3) is 5.95 Å². The van der Waals surface area contributed by atoms with E-state index in [9.17, 15) is 0 Å². The maximum Gasteiger partial charge on any atom is 0.254 e. The van der Waals surface area contributed by atoms with E-state index in [4.69, 9.17) is 23.1 Å². The molecule has 0 spiro atoms. The zero-order valence-corrected chi connectivity index (χ0v) is 11.4. The maximum absolute atomic E-state index is 6.13. The van der Waals surface area contributed by atoms with E-state index < -0.39 is 0 Å². The number of aliphatic imine (C=N–C) groups is 1. The lowest BCUT2D eigenvalue weighted by atomic mass is 10.0. The molecular weight excluding hydrogens is 276 g/mol. The van der Waals surface area contributed by atoms with Gasteiger partial charge in [0.1, 0.15) is 5.82 Å². The molecule has 2 aromatic heterocycles. The molecule has 1 aliphatic rings. The maximum atomic E-state index is 6.13. The van der Waals surface area contributed by atoms with Crippen LogP contribution in [0.4, 0.5) is 5.95 Å². The number of nitrogens with zero attached hydrogens (tertiary/aromatic N) is 4. The number of hydrogen-bond acceptors (Lipinski definition) is 3. The second-order valence-corrected chi connectivity index (χ2v) is 4.92. The molecule has 0 radical (unpaired) electrons. The molecule has 20 heavy (non-hydrogen) atoms. The molecule has 2 heterocycles. The van der Waals surface area contributed by atoms with E-state index >= 15 is 0 Å². The summed E-state index contributed by atoms with van der Waals surface area (Å²) in [6.45, 7) is 0. The fourth-order valence-corrected chi connectivity index (χ4v) is 2.37. The highest BCUT2D eigenvalue weighted by Crippen LogP contribution is 2.28. The molecule has 1 aliphatic carbocycles. The number of halogens is 1. The van der Waals surface area contributed by atoms with Crippen LogP contribution in [0.3, 0.4) is 0 Å². The molecule has 0 aliphatic heterocycles. The van der Waals surface area contributed by atoms with E-state index in [1.54, 1.807) is 0 Å². The fraction of sp³-hybridized carbons (Fsp3) is 0.154. The van der Waals surface area contributed by atoms with Crippen molar-refractivity contribution in [3.05, 3.63) is 46.9 Å². The molecule has 0 fully saturated rings. The van der Waals surface area contributed by atoms with E-state index in [-0.39, 0.29) is 11.9 Å². The van der Waals surface area contributed by atoms with Crippen LogP contribution in [-0.4, -0.2) is 20.5 Å². The van der Waals surface area contributed by atoms with E-state index in [2.05, 4.69) is 15.0 Å². The minimum atomic E-state index is -0.0622. The molecule has 6 nitrogen and oxygen atoms in total. The molecule has 0 bridgehead atoms. The zero-order valence-electron chi connectivity index (χ0n) is 10.6. The van der Waals surface area contributed by atoms with Crippen molar-refractivity contribution in [3.8, 4) is 5.82 Å². The van der Waals surface area contributed by atoms with Gasteiger partial charge in [-0.25, -0.2) is 4.98 Å². The highest BCUT2D eigenvalue weighted by molar-refractivity contribution is 6.29. The number of fused-ring (bicyclic) bond motifs is 1. The largest absolute Gasteiger partial charge is 0.370 e. The summed E-state index contributed by atoms with van der Waals surface area (Å²) in [6, 6.07) is 3.85. The third-order valence-corrected chi connectivity index (χ3v) is 3.29. The molecule has 0 aromatic carbocycles. The van der Waals surface area contributed by atoms with Crippen LogP contribution in [0.25, 0.3) is 5.82 Å². The van der Waals surface area contributed by atoms with Crippen molar-refractivity contribution < 1.29 is 0 Å². The first-order valence-corrected chi connectivity index (χ1v) is 6.48. The van der Waals surface area contributed by atoms with Gasteiger partial charge in [0.05, 0.1) is 5.69 Å². The average molecular weight is 289 g/mol. The minimum Gasteiger partial charge on any atom is -0.370 e. The van der Waals surface area contributed by atoms with Gasteiger partial charge in [-0.1, -0.05) is 17.7 Å². The van der Waals surface area contributed by atoms with Crippen molar-refractivity contribution in [2.75, 3.05) is 0 Å². The third kappa shape index (κ3) is 2.37. The van der Waals surface area contributed by atoms with Crippen LogP contribution in [0.5, 0.6) is 0 Å². The summed E-state index contributed by atoms with van der Waals surface area (Å²) < 4.78 is 1.90. The predicted molar refractivity (Wildman–Crippen MR) is 78.2 cm³/mol. The number of guanidine groups is 1. The summed E-state index contributed by atoms with van der Waals surface area (Å²) in [5.74, 6) is 0.956. The Labute approximate surface area is 120 Å². The minimum absolute atomic E-state index is 0.0622. The number of hydrogen-bond donors (Lipinski definition) is 2. The Balaban J connectivity index is 2.19. The first-order chi connectivity index (χ1) is 9.63. The van der Waals surface area contributed by atoms with Crippen molar-refractivity contribution in [1.82, 2.24) is 14.5 Å². The highest BCUT2D eigenvalue weighted by Gasteiger charge is 2.19. The van der Waals surface area contributed by atoms with Gasteiger partial charge in [-0.05, 0) is 12.1 Å². The lowest BCUT2D eigenvalue weighted by Gasteiger charge is -2.17. The van der Waals surface area contributed by atoms with Crippen LogP contribution in [0.2, 0.25) is 0 Å². The fourth-order valence-electron chi connectivity index (χ4n) is 2.16. The van der Waals surface area contributed by atoms with Crippen molar-refractivity contribution in [2.24, 2.45) is 16.5 Å². The number of nitrogens with two attached hydrogens (primary N) is 2. The molecule has 0 saturated heterocycles. The predicted octanol–water partition coefficient (Wildman–Crippen LogP) is 1.39. The summed E-state index contributed by atoms with van der Waals surface area (Å²) in [7, 11) is 0. The van der Waals surface area contributed by atoms with Crippen LogP contribution in [-0.2, 0) is 12.8 Å². The number of aromatic nitrogens is 3. The summed E-state index contributed by atoms with van der Waals surface area (Å²) in [5.41, 5.74) is 12.7. The Morgan fingerprint density at radius 2 is 2.00 bits per heavy atom. The van der Waals surface area contributed by atoms with Gasteiger partial charge in [0, 0.05) is 35.8 Å². The first-order valence-electron chi connectivity index (χ1n) is 6.11. The summed E-state index contributed by atoms with van der Waals surface area (Å²) in [4.78, 5) is 12.7. The SMILES string of the molecule is NC(N)=Nc1nc2c(c(-n3cccc3)n1)CC(Cl)=CC2. The summed E-state index contributed by atoms with van der Waals surface area (Å²) in [5, 5.41) is 0.795. The second kappa shape index (κ2) is 4.97. The Kier molecular flexibility index (Phi) is 3.15. The van der Waals surface area contributed by atoms with E-state index in [1.807, 2.05) is 35.2 Å². The van der Waals surface area contributed by atoms with Gasteiger partial charge in [-0.15, -0.1) is 0 Å². The van der Waals surface area contributed by atoms with E-state index in [1.165, 1.54) is 0 Å². The molecular formula is C13H13ClN6. The molecule has 2 aromatic rings. The topological polar surface area (TPSA) is 95.1 Å². The van der Waals surface area contributed by atoms with Crippen LogP contribution in [0.15, 0.2) is 40.6 Å². The quantitative estimate of drug-likeness (QED) is 0.645. The van der Waals surface area contributed by atoms with Crippen LogP contribution in [0, 0.1) is 0 Å². The van der Waals surface area contributed by atoms with Crippen LogP contribution in [0.1, 0.15) is 11.3 Å². The average Bonchev–Trinajstić information content (AvgIpc) is 2.91. The van der Waals surface area contributed by atoms with Gasteiger partial charge in [0.15, 0.2) is 5.96 Å². The normalized spacial score (nSPS) is 13.6. The smallest absolute Gasteiger partial charge is 0.254 e. The first kappa shape index (κ1) is 12.7. The van der Waals surface area contributed by atoms with Crippen molar-refractivity contribution in [2.45, 2.75) is 12.8 Å². The van der Waals surface area contributed by atoms with Gasteiger partial charge in [-0.2, -0.15) is 9.98 Å². The Morgan fingerprint density at radius 1 is 1.25 bits per heavy atom. The molecule has 0 atom stereocenters. The highest BCUT2D eigenvalue weighted by atomic mass is 35.5. The van der Waals surface area contributed by atoms with E-state index in [0.717, 1.165) is 22.1 Å². The monoisotopic (exact) mass is 288 g/mol. The van der Waals surface area contributed by atoms with Crippen molar-refractivity contribution in [3.63, 3.8) is 0 Å². The molecule has 102 valence electrons. The molecule has 0 unspecified atom stereocenters. The van der Waals surface area contributed by atoms with Crippen molar-refractivity contribution >= 4 is 23.5 Å². The lowest BCUT2D eigenvalue weighted by Crippen LogP contribution is -2.22. The van der Waals surface area contributed by atoms with Gasteiger partial charge >= 0.3 is 0 Å². The van der Waals surface area contributed by atoms with Gasteiger partial charge in [-0.3, -0.25) is 0 Å².